The molecule has 1 unspecified atom stereocenters. The normalized spacial score (nSPS) is 14.0. The molecule has 67 heavy (non-hydrogen) atoms. The predicted octanol–water partition coefficient (Wildman–Crippen LogP) is 17.1. The first kappa shape index (κ1) is 38.7. The Morgan fingerprint density at radius 1 is 0.299 bits per heavy atom. The maximum absolute atomic E-state index is 2.48. The van der Waals surface area contributed by atoms with E-state index < -0.39 is 5.41 Å². The molecule has 2 heteroatoms. The molecule has 11 aromatic carbocycles. The van der Waals surface area contributed by atoms with E-state index >= 15 is 0 Å². The summed E-state index contributed by atoms with van der Waals surface area (Å²) in [4.78, 5) is 2.43. The average molecular weight is 853 g/mol. The largest absolute Gasteiger partial charge is 0.310 e. The van der Waals surface area contributed by atoms with Crippen LogP contribution in [0, 0.1) is 0 Å². The number of anilines is 3. The van der Waals surface area contributed by atoms with Gasteiger partial charge >= 0.3 is 0 Å². The molecular formula is C65H44N2. The van der Waals surface area contributed by atoms with E-state index in [0.717, 1.165) is 22.7 Å². The van der Waals surface area contributed by atoms with Crippen molar-refractivity contribution in [2.24, 2.45) is 0 Å². The Hall–Kier alpha value is -8.72. The van der Waals surface area contributed by atoms with Crippen LogP contribution in [0.25, 0.3) is 71.6 Å². The minimum atomic E-state index is -0.615. The highest BCUT2D eigenvalue weighted by atomic mass is 15.1. The van der Waals surface area contributed by atoms with Gasteiger partial charge in [0.25, 0.3) is 0 Å². The molecule has 0 saturated heterocycles. The lowest BCUT2D eigenvalue weighted by atomic mass is 9.67. The van der Waals surface area contributed by atoms with Crippen molar-refractivity contribution < 1.29 is 0 Å². The SMILES string of the molecule is c1ccc(-c2ccc(N(c3ccc(-c4ccc5ccccc5c4)cc3)c3ccc4c(c3)C(c3ccccc3)(c3ccc5c(c3)c3ccccc3n5-c3ccccc3)c3ccccc3-4)cc2)cc1. The minimum absolute atomic E-state index is 0.615. The van der Waals surface area contributed by atoms with Crippen LogP contribution in [-0.2, 0) is 5.41 Å². The Bertz CT molecular complexity index is 3780. The first-order chi connectivity index (χ1) is 33.2. The smallest absolute Gasteiger partial charge is 0.0714 e. The van der Waals surface area contributed by atoms with Crippen LogP contribution >= 0.6 is 0 Å². The number of para-hydroxylation sites is 2. The van der Waals surface area contributed by atoms with Crippen LogP contribution in [0.15, 0.2) is 267 Å². The number of hydrogen-bond donors (Lipinski definition) is 0. The van der Waals surface area contributed by atoms with Crippen molar-refractivity contribution in [3.63, 3.8) is 0 Å². The van der Waals surface area contributed by atoms with Gasteiger partial charge < -0.3 is 9.47 Å². The monoisotopic (exact) mass is 852 g/mol. The van der Waals surface area contributed by atoms with Gasteiger partial charge in [-0.3, -0.25) is 0 Å². The van der Waals surface area contributed by atoms with E-state index in [0.29, 0.717) is 0 Å². The zero-order valence-electron chi connectivity index (χ0n) is 36.8. The lowest BCUT2D eigenvalue weighted by Gasteiger charge is -2.35. The van der Waals surface area contributed by atoms with Crippen molar-refractivity contribution in [3.05, 3.63) is 289 Å². The second kappa shape index (κ2) is 15.8. The van der Waals surface area contributed by atoms with Gasteiger partial charge in [0.1, 0.15) is 0 Å². The van der Waals surface area contributed by atoms with E-state index in [9.17, 15) is 0 Å². The van der Waals surface area contributed by atoms with Crippen LogP contribution in [0.2, 0.25) is 0 Å². The molecule has 1 aliphatic carbocycles. The molecule has 12 aromatic rings. The first-order valence-corrected chi connectivity index (χ1v) is 23.2. The standard InChI is InChI=1S/C65H44N2/c1-4-16-45(17-5-1)47-30-35-54(36-31-47)66(55-37-32-48(33-38-55)50-29-28-46-18-10-11-19-49(46)42-50)56-39-40-58-57-24-12-14-26-61(57)65(62(58)44-56,51-20-6-2-7-21-51)52-34-41-64-60(43-52)59-25-13-15-27-63(59)67(64)53-22-8-3-9-23-53/h1-44H. The molecule has 1 aromatic heterocycles. The average Bonchev–Trinajstić information content (AvgIpc) is 3.90. The van der Waals surface area contributed by atoms with Crippen molar-refractivity contribution in [1.29, 1.82) is 0 Å². The summed E-state index contributed by atoms with van der Waals surface area (Å²) in [5.74, 6) is 0. The van der Waals surface area contributed by atoms with E-state index in [1.165, 1.54) is 88.2 Å². The summed E-state index contributed by atoms with van der Waals surface area (Å²) in [6.45, 7) is 0. The summed E-state index contributed by atoms with van der Waals surface area (Å²) >= 11 is 0. The Kier molecular flexibility index (Phi) is 9.11. The van der Waals surface area contributed by atoms with Crippen LogP contribution in [0.5, 0.6) is 0 Å². The first-order valence-electron chi connectivity index (χ1n) is 23.2. The molecule has 13 rings (SSSR count). The Morgan fingerprint density at radius 2 is 0.851 bits per heavy atom. The number of hydrogen-bond acceptors (Lipinski definition) is 1. The lowest BCUT2D eigenvalue weighted by molar-refractivity contribution is 0.770. The van der Waals surface area contributed by atoms with Crippen LogP contribution in [-0.4, -0.2) is 4.57 Å². The highest BCUT2D eigenvalue weighted by Crippen LogP contribution is 2.58. The highest BCUT2D eigenvalue weighted by molar-refractivity contribution is 6.10. The Morgan fingerprint density at radius 3 is 1.61 bits per heavy atom. The quantitative estimate of drug-likeness (QED) is 0.148. The molecule has 1 heterocycles. The van der Waals surface area contributed by atoms with Crippen LogP contribution in [0.4, 0.5) is 17.1 Å². The molecule has 0 amide bonds. The van der Waals surface area contributed by atoms with Gasteiger partial charge in [0, 0.05) is 33.5 Å². The molecule has 0 radical (unpaired) electrons. The molecule has 1 aliphatic rings. The number of fused-ring (bicyclic) bond motifs is 7. The van der Waals surface area contributed by atoms with E-state index in [1.807, 2.05) is 0 Å². The van der Waals surface area contributed by atoms with Gasteiger partial charge in [0.05, 0.1) is 16.4 Å². The second-order valence-corrected chi connectivity index (χ2v) is 17.7. The topological polar surface area (TPSA) is 8.17 Å². The minimum Gasteiger partial charge on any atom is -0.310 e. The molecule has 0 spiro atoms. The maximum atomic E-state index is 2.48. The summed E-state index contributed by atoms with van der Waals surface area (Å²) < 4.78 is 2.41. The molecular weight excluding hydrogens is 809 g/mol. The van der Waals surface area contributed by atoms with Crippen LogP contribution in [0.1, 0.15) is 22.3 Å². The van der Waals surface area contributed by atoms with Gasteiger partial charge in [0.15, 0.2) is 0 Å². The number of rotatable bonds is 8. The molecule has 0 N–H and O–H groups in total. The summed E-state index contributed by atoms with van der Waals surface area (Å²) in [7, 11) is 0. The van der Waals surface area contributed by atoms with Crippen molar-refractivity contribution in [2.45, 2.75) is 5.41 Å². The molecule has 2 nitrogen and oxygen atoms in total. The summed E-state index contributed by atoms with van der Waals surface area (Å²) in [6, 6.07) is 98.2. The Labute approximate surface area is 390 Å². The predicted molar refractivity (Wildman–Crippen MR) is 281 cm³/mol. The highest BCUT2D eigenvalue weighted by Gasteiger charge is 2.46. The van der Waals surface area contributed by atoms with E-state index in [1.54, 1.807) is 0 Å². The van der Waals surface area contributed by atoms with E-state index in [2.05, 4.69) is 276 Å². The summed E-state index contributed by atoms with van der Waals surface area (Å²) in [6.07, 6.45) is 0. The molecule has 0 bridgehead atoms. The van der Waals surface area contributed by atoms with Gasteiger partial charge in [-0.05, 0) is 139 Å². The summed E-state index contributed by atoms with van der Waals surface area (Å²) in [5, 5.41) is 4.97. The van der Waals surface area contributed by atoms with Crippen molar-refractivity contribution in [2.75, 3.05) is 4.90 Å². The molecule has 0 aliphatic heterocycles. The van der Waals surface area contributed by atoms with Gasteiger partial charge in [0.2, 0.25) is 0 Å². The van der Waals surface area contributed by atoms with Crippen molar-refractivity contribution >= 4 is 49.6 Å². The second-order valence-electron chi connectivity index (χ2n) is 17.7. The third-order valence-electron chi connectivity index (χ3n) is 14.1. The van der Waals surface area contributed by atoms with E-state index in [-0.39, 0.29) is 0 Å². The van der Waals surface area contributed by atoms with Crippen LogP contribution in [0.3, 0.4) is 0 Å². The lowest BCUT2D eigenvalue weighted by Crippen LogP contribution is -2.28. The van der Waals surface area contributed by atoms with Crippen LogP contribution < -0.4 is 4.90 Å². The van der Waals surface area contributed by atoms with Gasteiger partial charge in [-0.25, -0.2) is 0 Å². The van der Waals surface area contributed by atoms with Gasteiger partial charge in [-0.1, -0.05) is 194 Å². The molecule has 1 atom stereocenters. The molecule has 0 saturated carbocycles. The number of nitrogens with zero attached hydrogens (tertiary/aromatic N) is 2. The van der Waals surface area contributed by atoms with E-state index in [4.69, 9.17) is 0 Å². The maximum Gasteiger partial charge on any atom is 0.0714 e. The fourth-order valence-corrected chi connectivity index (χ4v) is 11.0. The zero-order chi connectivity index (χ0) is 44.3. The van der Waals surface area contributed by atoms with Crippen molar-refractivity contribution in [1.82, 2.24) is 4.57 Å². The Balaban J connectivity index is 1.03. The zero-order valence-corrected chi connectivity index (χ0v) is 36.8. The molecule has 0 fully saturated rings. The van der Waals surface area contributed by atoms with Gasteiger partial charge in [-0.2, -0.15) is 0 Å². The van der Waals surface area contributed by atoms with Gasteiger partial charge in [-0.15, -0.1) is 0 Å². The summed E-state index contributed by atoms with van der Waals surface area (Å²) in [5.41, 5.74) is 18.5. The third kappa shape index (κ3) is 6.26. The van der Waals surface area contributed by atoms with Crippen molar-refractivity contribution in [3.8, 4) is 39.1 Å². The fraction of sp³-hybridized carbons (Fsp3) is 0.0154. The number of aromatic nitrogens is 1. The number of benzene rings is 11. The molecule has 314 valence electrons. The third-order valence-corrected chi connectivity index (χ3v) is 14.1. The fourth-order valence-electron chi connectivity index (χ4n) is 11.0.